The average Bonchev–Trinajstić information content (AvgIpc) is 2.12. The van der Waals surface area contributed by atoms with E-state index >= 15 is 0 Å². The number of nitrogens with two attached hydrogens (primary N) is 1. The van der Waals surface area contributed by atoms with Crippen LogP contribution in [0.4, 0.5) is 5.69 Å². The Kier molecular flexibility index (Phi) is 1.69. The number of nitrogens with zero attached hydrogens (tertiary/aromatic N) is 2. The van der Waals surface area contributed by atoms with Crippen LogP contribution in [0.1, 0.15) is 0 Å². The minimum Gasteiger partial charge on any atom is -0.398 e. The summed E-state index contributed by atoms with van der Waals surface area (Å²) in [7, 11) is 0. The van der Waals surface area contributed by atoms with Crippen molar-refractivity contribution in [2.24, 2.45) is 0 Å². The van der Waals surface area contributed by atoms with Gasteiger partial charge in [-0.25, -0.2) is 0 Å². The van der Waals surface area contributed by atoms with Gasteiger partial charge in [-0.15, -0.1) is 0 Å². The molecular weight excluding hydrogens is 218 g/mol. The quantitative estimate of drug-likeness (QED) is 0.696. The van der Waals surface area contributed by atoms with E-state index in [1.165, 1.54) is 0 Å². The molecule has 0 fully saturated rings. The molecule has 1 heterocycles. The molecular formula is C8H6BrN3. The van der Waals surface area contributed by atoms with Crippen LogP contribution in [-0.4, -0.2) is 9.97 Å². The molecule has 0 aliphatic heterocycles. The van der Waals surface area contributed by atoms with Crippen molar-refractivity contribution in [3.05, 3.63) is 29.0 Å². The average molecular weight is 224 g/mol. The number of fused-ring (bicyclic) bond motifs is 1. The Bertz CT molecular complexity index is 428. The molecule has 0 atom stereocenters. The van der Waals surface area contributed by atoms with Crippen LogP contribution in [0.25, 0.3) is 11.0 Å². The third-order valence-corrected chi connectivity index (χ3v) is 2.44. The van der Waals surface area contributed by atoms with Gasteiger partial charge in [0.05, 0.1) is 9.99 Å². The van der Waals surface area contributed by atoms with E-state index in [0.29, 0.717) is 5.69 Å². The number of halogens is 1. The highest BCUT2D eigenvalue weighted by atomic mass is 79.9. The summed E-state index contributed by atoms with van der Waals surface area (Å²) in [6.45, 7) is 0. The summed E-state index contributed by atoms with van der Waals surface area (Å²) >= 11 is 3.35. The number of rotatable bonds is 0. The van der Waals surface area contributed by atoms with Crippen molar-refractivity contribution in [2.45, 2.75) is 0 Å². The molecule has 0 radical (unpaired) electrons. The van der Waals surface area contributed by atoms with Gasteiger partial charge in [-0.2, -0.15) is 0 Å². The van der Waals surface area contributed by atoms with Gasteiger partial charge >= 0.3 is 0 Å². The molecule has 60 valence electrons. The Labute approximate surface area is 77.8 Å². The molecule has 0 aliphatic carbocycles. The summed E-state index contributed by atoms with van der Waals surface area (Å²) in [6.07, 6.45) is 3.30. The minimum atomic E-state index is 0.683. The zero-order valence-electron chi connectivity index (χ0n) is 6.16. The number of hydrogen-bond acceptors (Lipinski definition) is 3. The van der Waals surface area contributed by atoms with E-state index in [9.17, 15) is 0 Å². The van der Waals surface area contributed by atoms with Gasteiger partial charge in [0.2, 0.25) is 0 Å². The number of hydrogen-bond donors (Lipinski definition) is 1. The molecule has 0 amide bonds. The van der Waals surface area contributed by atoms with Crippen molar-refractivity contribution < 1.29 is 0 Å². The lowest BCUT2D eigenvalue weighted by Crippen LogP contribution is -1.89. The summed E-state index contributed by atoms with van der Waals surface area (Å²) < 4.78 is 0.813. The maximum absolute atomic E-state index is 5.67. The second kappa shape index (κ2) is 2.71. The van der Waals surface area contributed by atoms with Gasteiger partial charge in [-0.05, 0) is 28.1 Å². The SMILES string of the molecule is Nc1ccc2nccnc2c1Br. The molecule has 1 aromatic heterocycles. The Morgan fingerprint density at radius 3 is 2.75 bits per heavy atom. The molecule has 2 rings (SSSR count). The Morgan fingerprint density at radius 1 is 1.17 bits per heavy atom. The first-order valence-corrected chi connectivity index (χ1v) is 4.23. The van der Waals surface area contributed by atoms with Crippen LogP contribution in [-0.2, 0) is 0 Å². The summed E-state index contributed by atoms with van der Waals surface area (Å²) in [5.41, 5.74) is 8.00. The fourth-order valence-electron chi connectivity index (χ4n) is 1.02. The minimum absolute atomic E-state index is 0.683. The van der Waals surface area contributed by atoms with E-state index in [2.05, 4.69) is 25.9 Å². The lowest BCUT2D eigenvalue weighted by atomic mass is 10.3. The van der Waals surface area contributed by atoms with Gasteiger partial charge in [0.1, 0.15) is 5.52 Å². The summed E-state index contributed by atoms with van der Waals surface area (Å²) in [6, 6.07) is 3.66. The molecule has 12 heavy (non-hydrogen) atoms. The Balaban J connectivity index is 2.91. The van der Waals surface area contributed by atoms with Gasteiger partial charge in [0, 0.05) is 18.1 Å². The molecule has 4 heteroatoms. The standard InChI is InChI=1S/C8H6BrN3/c9-7-5(10)1-2-6-8(7)12-4-3-11-6/h1-4H,10H2. The molecule has 1 aromatic carbocycles. The van der Waals surface area contributed by atoms with E-state index in [4.69, 9.17) is 5.73 Å². The molecule has 0 bridgehead atoms. The molecule has 0 unspecified atom stereocenters. The summed E-state index contributed by atoms with van der Waals surface area (Å²) in [5.74, 6) is 0. The zero-order chi connectivity index (χ0) is 8.55. The van der Waals surface area contributed by atoms with E-state index in [1.54, 1.807) is 18.5 Å². The van der Waals surface area contributed by atoms with Crippen LogP contribution in [0.3, 0.4) is 0 Å². The van der Waals surface area contributed by atoms with E-state index in [0.717, 1.165) is 15.5 Å². The van der Waals surface area contributed by atoms with Crippen LogP contribution < -0.4 is 5.73 Å². The third kappa shape index (κ3) is 1.04. The first-order valence-electron chi connectivity index (χ1n) is 3.44. The van der Waals surface area contributed by atoms with Crippen molar-refractivity contribution in [2.75, 3.05) is 5.73 Å². The number of nitrogen functional groups attached to an aromatic ring is 1. The fraction of sp³-hybridized carbons (Fsp3) is 0. The van der Waals surface area contributed by atoms with Crippen LogP contribution in [0.2, 0.25) is 0 Å². The molecule has 0 saturated heterocycles. The van der Waals surface area contributed by atoms with Gasteiger partial charge in [0.15, 0.2) is 0 Å². The number of aromatic nitrogens is 2. The maximum Gasteiger partial charge on any atom is 0.105 e. The van der Waals surface area contributed by atoms with Crippen LogP contribution >= 0.6 is 15.9 Å². The lowest BCUT2D eigenvalue weighted by molar-refractivity contribution is 1.29. The van der Waals surface area contributed by atoms with Gasteiger partial charge < -0.3 is 5.73 Å². The zero-order valence-corrected chi connectivity index (χ0v) is 7.75. The van der Waals surface area contributed by atoms with Gasteiger partial charge in [0.25, 0.3) is 0 Å². The molecule has 2 N–H and O–H groups in total. The molecule has 3 nitrogen and oxygen atoms in total. The molecule has 0 saturated carbocycles. The highest BCUT2D eigenvalue weighted by Gasteiger charge is 2.02. The second-order valence-corrected chi connectivity index (χ2v) is 3.19. The second-order valence-electron chi connectivity index (χ2n) is 2.39. The van der Waals surface area contributed by atoms with Crippen LogP contribution in [0.15, 0.2) is 29.0 Å². The van der Waals surface area contributed by atoms with Crippen LogP contribution in [0, 0.1) is 0 Å². The van der Waals surface area contributed by atoms with E-state index < -0.39 is 0 Å². The number of benzene rings is 1. The van der Waals surface area contributed by atoms with Crippen molar-refractivity contribution in [3.8, 4) is 0 Å². The monoisotopic (exact) mass is 223 g/mol. The van der Waals surface area contributed by atoms with E-state index in [-0.39, 0.29) is 0 Å². The largest absolute Gasteiger partial charge is 0.398 e. The van der Waals surface area contributed by atoms with Crippen molar-refractivity contribution in [3.63, 3.8) is 0 Å². The van der Waals surface area contributed by atoms with Crippen molar-refractivity contribution >= 4 is 32.7 Å². The number of anilines is 1. The first-order chi connectivity index (χ1) is 5.79. The predicted molar refractivity (Wildman–Crippen MR) is 51.7 cm³/mol. The normalized spacial score (nSPS) is 10.4. The smallest absolute Gasteiger partial charge is 0.105 e. The maximum atomic E-state index is 5.67. The van der Waals surface area contributed by atoms with Crippen LogP contribution in [0.5, 0.6) is 0 Å². The molecule has 0 spiro atoms. The Hall–Kier alpha value is -1.16. The third-order valence-electron chi connectivity index (χ3n) is 1.61. The highest BCUT2D eigenvalue weighted by Crippen LogP contribution is 2.25. The highest BCUT2D eigenvalue weighted by molar-refractivity contribution is 9.10. The van der Waals surface area contributed by atoms with Crippen molar-refractivity contribution in [1.29, 1.82) is 0 Å². The summed E-state index contributed by atoms with van der Waals surface area (Å²) in [4.78, 5) is 8.29. The Morgan fingerprint density at radius 2 is 1.92 bits per heavy atom. The van der Waals surface area contributed by atoms with Crippen molar-refractivity contribution in [1.82, 2.24) is 9.97 Å². The molecule has 0 aliphatic rings. The van der Waals surface area contributed by atoms with Gasteiger partial charge in [-0.1, -0.05) is 0 Å². The topological polar surface area (TPSA) is 51.8 Å². The summed E-state index contributed by atoms with van der Waals surface area (Å²) in [5, 5.41) is 0. The predicted octanol–water partition coefficient (Wildman–Crippen LogP) is 1.97. The first kappa shape index (κ1) is 7.49. The van der Waals surface area contributed by atoms with E-state index in [1.807, 2.05) is 6.07 Å². The van der Waals surface area contributed by atoms with Gasteiger partial charge in [-0.3, -0.25) is 9.97 Å². The fourth-order valence-corrected chi connectivity index (χ4v) is 1.46. The molecule has 2 aromatic rings. The lowest BCUT2D eigenvalue weighted by Gasteiger charge is -2.00.